The second-order valence-electron chi connectivity index (χ2n) is 15.4. The van der Waals surface area contributed by atoms with Crippen LogP contribution in [0.3, 0.4) is 0 Å². The van der Waals surface area contributed by atoms with E-state index in [4.69, 9.17) is 25.8 Å². The number of carbonyl (C=O) groups excluding carboxylic acids is 2. The summed E-state index contributed by atoms with van der Waals surface area (Å²) in [6.07, 6.45) is 11.7. The Morgan fingerprint density at radius 3 is 2.76 bits per heavy atom. The Balaban J connectivity index is 1.25. The molecular formula is C39H51ClN4O6S. The van der Waals surface area contributed by atoms with Gasteiger partial charge in [-0.3, -0.25) is 9.52 Å². The quantitative estimate of drug-likeness (QED) is 0.328. The molecule has 12 heteroatoms. The van der Waals surface area contributed by atoms with Crippen LogP contribution >= 0.6 is 11.6 Å². The number of aryl methyl sites for hydroxylation is 1. The predicted molar refractivity (Wildman–Crippen MR) is 200 cm³/mol. The lowest BCUT2D eigenvalue weighted by Crippen LogP contribution is -2.53. The van der Waals surface area contributed by atoms with Crippen LogP contribution in [0, 0.1) is 23.7 Å². The van der Waals surface area contributed by atoms with Crippen LogP contribution in [-0.4, -0.2) is 74.6 Å². The fraction of sp³-hybridized carbons (Fsp3) is 0.590. The van der Waals surface area contributed by atoms with Crippen LogP contribution in [-0.2, 0) is 31.2 Å². The van der Waals surface area contributed by atoms with Crippen LogP contribution in [0.15, 0.2) is 52.9 Å². The number of benzene rings is 2. The van der Waals surface area contributed by atoms with E-state index in [1.54, 1.807) is 20.3 Å². The van der Waals surface area contributed by atoms with Crippen molar-refractivity contribution in [1.82, 2.24) is 10.0 Å². The van der Waals surface area contributed by atoms with Crippen molar-refractivity contribution in [3.63, 3.8) is 0 Å². The lowest BCUT2D eigenvalue weighted by molar-refractivity contribution is 0.0131. The number of ether oxygens (including phenoxy) is 3. The van der Waals surface area contributed by atoms with Crippen molar-refractivity contribution in [3.05, 3.63) is 70.3 Å². The number of hydrogen-bond donors (Lipinski definition) is 2. The molecule has 3 amide bonds. The van der Waals surface area contributed by atoms with Gasteiger partial charge in [-0.1, -0.05) is 36.7 Å². The number of halogens is 1. The Labute approximate surface area is 307 Å². The van der Waals surface area contributed by atoms with Crippen molar-refractivity contribution < 1.29 is 28.0 Å². The zero-order chi connectivity index (χ0) is 35.8. The van der Waals surface area contributed by atoms with Gasteiger partial charge in [0.2, 0.25) is 0 Å². The van der Waals surface area contributed by atoms with Gasteiger partial charge in [-0.05, 0) is 111 Å². The molecule has 2 saturated carbocycles. The first-order chi connectivity index (χ1) is 24.6. The van der Waals surface area contributed by atoms with Gasteiger partial charge in [-0.15, -0.1) is 4.36 Å². The zero-order valence-corrected chi connectivity index (χ0v) is 31.5. The van der Waals surface area contributed by atoms with Crippen molar-refractivity contribution in [2.45, 2.75) is 75.9 Å². The first-order valence-electron chi connectivity index (χ1n) is 18.4. The third-order valence-corrected chi connectivity index (χ3v) is 14.1. The van der Waals surface area contributed by atoms with Crippen molar-refractivity contribution in [1.29, 1.82) is 0 Å². The van der Waals surface area contributed by atoms with E-state index in [2.05, 4.69) is 43.6 Å². The van der Waals surface area contributed by atoms with Crippen molar-refractivity contribution in [3.8, 4) is 5.75 Å². The fourth-order valence-electron chi connectivity index (χ4n) is 8.88. The lowest BCUT2D eigenvalue weighted by Gasteiger charge is -2.46. The number of nitrogens with zero attached hydrogens (tertiary/aromatic N) is 2. The number of urea groups is 1. The highest BCUT2D eigenvalue weighted by Gasteiger charge is 2.44. The molecule has 1 unspecified atom stereocenters. The van der Waals surface area contributed by atoms with E-state index in [1.165, 1.54) is 11.1 Å². The van der Waals surface area contributed by atoms with Crippen molar-refractivity contribution in [2.75, 3.05) is 51.2 Å². The van der Waals surface area contributed by atoms with E-state index < -0.39 is 21.9 Å². The van der Waals surface area contributed by atoms with E-state index in [1.807, 2.05) is 25.1 Å². The third kappa shape index (κ3) is 7.68. The van der Waals surface area contributed by atoms with Gasteiger partial charge in [-0.25, -0.2) is 9.00 Å². The molecule has 7 rings (SSSR count). The first-order valence-corrected chi connectivity index (χ1v) is 20.5. The lowest BCUT2D eigenvalue weighted by atomic mass is 9.68. The van der Waals surface area contributed by atoms with Gasteiger partial charge in [0.05, 0.1) is 30.8 Å². The Kier molecular flexibility index (Phi) is 10.7. The van der Waals surface area contributed by atoms with Gasteiger partial charge >= 0.3 is 6.03 Å². The van der Waals surface area contributed by atoms with Gasteiger partial charge < -0.3 is 24.4 Å². The molecule has 2 aliphatic heterocycles. The van der Waals surface area contributed by atoms with Crippen LogP contribution in [0.25, 0.3) is 0 Å². The molecule has 2 heterocycles. The number of methoxy groups -OCH3 is 2. The summed E-state index contributed by atoms with van der Waals surface area (Å²) >= 11 is 6.46. The van der Waals surface area contributed by atoms with Crippen molar-refractivity contribution in [2.24, 2.45) is 28.0 Å². The topological polar surface area (TPSA) is 119 Å². The molecule has 3 aliphatic carbocycles. The molecule has 2 aromatic carbocycles. The zero-order valence-electron chi connectivity index (χ0n) is 29.9. The molecule has 2 bridgehead atoms. The van der Waals surface area contributed by atoms with Gasteiger partial charge in [0.15, 0.2) is 0 Å². The second kappa shape index (κ2) is 15.1. The summed E-state index contributed by atoms with van der Waals surface area (Å²) in [6.45, 7) is 4.52. The largest absolute Gasteiger partial charge is 0.490 e. The Hall–Kier alpha value is -3.12. The normalized spacial score (nSPS) is 34.0. The fourth-order valence-corrected chi connectivity index (χ4v) is 10.9. The summed E-state index contributed by atoms with van der Waals surface area (Å²) in [4.78, 5) is 29.6. The molecular weight excluding hydrogens is 688 g/mol. The molecule has 1 spiro atoms. The molecule has 276 valence electrons. The number of fused-ring (bicyclic) bond motifs is 4. The van der Waals surface area contributed by atoms with Crippen LogP contribution in [0.4, 0.5) is 10.5 Å². The number of nitrogens with one attached hydrogen (secondary N) is 2. The summed E-state index contributed by atoms with van der Waals surface area (Å²) in [7, 11) is -0.0801. The average molecular weight is 739 g/mol. The molecule has 2 N–H and O–H groups in total. The molecule has 2 fully saturated rings. The highest BCUT2D eigenvalue weighted by molar-refractivity contribution is 7.92. The molecule has 8 atom stereocenters. The monoisotopic (exact) mass is 738 g/mol. The standard InChI is InChI=1S/C39H51ClN4O6S/c1-25-6-4-8-35(49-3)31-13-9-28(31)20-44-23-39(17-5-7-26-18-30(40)12-14-32(26)39)24-50-36-16-11-27(19-34(36)44)37(45)42-51(47,22-25)43-38(46)41-33-15-10-29(33)21-48-2/h4,8,11-12,14,16,18-19,25,28-29,31,33,35H,5-7,9-10,13,15,17,20-24H2,1-3H3,(H2,41,42,43,45,46,47)/b8-4-/t25-,28-,29-,31+,33+,35-,39-,51?/m0/s1. The molecule has 10 nitrogen and oxygen atoms in total. The Morgan fingerprint density at radius 2 is 2.02 bits per heavy atom. The third-order valence-electron chi connectivity index (χ3n) is 11.9. The van der Waals surface area contributed by atoms with E-state index in [-0.39, 0.29) is 35.1 Å². The SMILES string of the molecule is COC[C@@H]1CC[C@H]1NC(=O)NS1(=O)=NC(=O)c2ccc3c(c2)N(C[C@@H]2CC[C@H]2[C@@H](OC)/C=C\C[C@H](C)C1)C[C@@]1(CCCc2cc(Cl)ccc21)CO3. The highest BCUT2D eigenvalue weighted by atomic mass is 35.5. The van der Waals surface area contributed by atoms with Crippen LogP contribution in [0.5, 0.6) is 5.75 Å². The van der Waals surface area contributed by atoms with Gasteiger partial charge in [-0.2, -0.15) is 0 Å². The van der Waals surface area contributed by atoms with Crippen LogP contribution in [0.1, 0.15) is 73.4 Å². The second-order valence-corrected chi connectivity index (χ2v) is 17.9. The molecule has 51 heavy (non-hydrogen) atoms. The minimum Gasteiger partial charge on any atom is -0.490 e. The Morgan fingerprint density at radius 1 is 1.16 bits per heavy atom. The van der Waals surface area contributed by atoms with Crippen LogP contribution in [0.2, 0.25) is 5.02 Å². The summed E-state index contributed by atoms with van der Waals surface area (Å²) in [5.41, 5.74) is 3.43. The molecule has 2 aromatic rings. The number of hydrogen-bond acceptors (Lipinski definition) is 7. The smallest absolute Gasteiger partial charge is 0.327 e. The number of anilines is 1. The Bertz CT molecular complexity index is 1790. The maximum atomic E-state index is 14.5. The molecule has 0 aromatic heterocycles. The maximum Gasteiger partial charge on any atom is 0.327 e. The molecule has 0 radical (unpaired) electrons. The van der Waals surface area contributed by atoms with Gasteiger partial charge in [0.1, 0.15) is 15.7 Å². The van der Waals surface area contributed by atoms with Crippen molar-refractivity contribution >= 4 is 39.1 Å². The van der Waals surface area contributed by atoms with Gasteiger partial charge in [0, 0.05) is 55.3 Å². The molecule has 0 saturated heterocycles. The maximum absolute atomic E-state index is 14.5. The highest BCUT2D eigenvalue weighted by Crippen LogP contribution is 2.47. The van der Waals surface area contributed by atoms with E-state index >= 15 is 0 Å². The van der Waals surface area contributed by atoms with E-state index in [0.29, 0.717) is 42.8 Å². The van der Waals surface area contributed by atoms with Gasteiger partial charge in [0.25, 0.3) is 5.91 Å². The predicted octanol–water partition coefficient (Wildman–Crippen LogP) is 6.70. The summed E-state index contributed by atoms with van der Waals surface area (Å²) < 4.78 is 39.4. The summed E-state index contributed by atoms with van der Waals surface area (Å²) in [5, 5.41) is 3.68. The van der Waals surface area contributed by atoms with E-state index in [0.717, 1.165) is 68.7 Å². The first kappa shape index (κ1) is 36.2. The number of allylic oxidation sites excluding steroid dienone is 1. The average Bonchev–Trinajstić information content (AvgIpc) is 3.23. The molecule has 5 aliphatic rings. The minimum absolute atomic E-state index is 0.0263. The summed E-state index contributed by atoms with van der Waals surface area (Å²) in [5.74, 6) is 0.922. The van der Waals surface area contributed by atoms with Crippen LogP contribution < -0.4 is 19.7 Å². The number of carbonyl (C=O) groups is 2. The minimum atomic E-state index is -3.49. The summed E-state index contributed by atoms with van der Waals surface area (Å²) in [6, 6.07) is 11.0. The van der Waals surface area contributed by atoms with E-state index in [9.17, 15) is 13.8 Å². The number of rotatable bonds is 5. The number of amides is 3.